The molecule has 2 unspecified atom stereocenters. The molecule has 0 spiro atoms. The van der Waals surface area contributed by atoms with Crippen molar-refractivity contribution in [1.82, 2.24) is 0 Å². The maximum Gasteiger partial charge on any atom is 0.303 e. The van der Waals surface area contributed by atoms with Gasteiger partial charge < -0.3 is 5.11 Å². The van der Waals surface area contributed by atoms with Crippen LogP contribution in [-0.4, -0.2) is 20.7 Å². The van der Waals surface area contributed by atoms with Crippen LogP contribution in [0.3, 0.4) is 0 Å². The molecule has 0 aliphatic heterocycles. The molecule has 0 amide bonds. The van der Waals surface area contributed by atoms with Crippen LogP contribution in [0.25, 0.3) is 0 Å². The van der Waals surface area contributed by atoms with Crippen LogP contribution in [0.2, 0.25) is 0 Å². The van der Waals surface area contributed by atoms with E-state index in [1.165, 1.54) is 44.9 Å². The van der Waals surface area contributed by atoms with Gasteiger partial charge in [0.25, 0.3) is 0 Å². The minimum atomic E-state index is -0.675. The highest BCUT2D eigenvalue weighted by atomic mass is 79.9. The van der Waals surface area contributed by atoms with Crippen molar-refractivity contribution in [3.8, 4) is 0 Å². The van der Waals surface area contributed by atoms with E-state index in [1.807, 2.05) is 0 Å². The van der Waals surface area contributed by atoms with Crippen molar-refractivity contribution in [2.75, 3.05) is 0 Å². The number of hydrogen-bond acceptors (Lipinski definition) is 1. The van der Waals surface area contributed by atoms with Crippen molar-refractivity contribution in [1.29, 1.82) is 0 Å². The molecule has 0 heterocycles. The van der Waals surface area contributed by atoms with Crippen LogP contribution in [0, 0.1) is 0 Å². The molecule has 2 nitrogen and oxygen atoms in total. The standard InChI is InChI=1S/C18H32Br2O2/c1-2-3-4-5-7-10-13-16(19)17(20)14-11-8-6-9-12-15-18(21)22/h5,7,16-17H,2-4,6,8-15H2,1H3,(H,21,22)/b7-5+. The van der Waals surface area contributed by atoms with Crippen molar-refractivity contribution in [3.63, 3.8) is 0 Å². The summed E-state index contributed by atoms with van der Waals surface area (Å²) < 4.78 is 0. The SMILES string of the molecule is CCCC/C=C/CCC(Br)C(Br)CCCCCCCC(=O)O. The van der Waals surface area contributed by atoms with Gasteiger partial charge in [0.05, 0.1) is 0 Å². The lowest BCUT2D eigenvalue weighted by Crippen LogP contribution is -2.13. The molecule has 0 rings (SSSR count). The van der Waals surface area contributed by atoms with Gasteiger partial charge in [0.2, 0.25) is 0 Å². The summed E-state index contributed by atoms with van der Waals surface area (Å²) in [6, 6.07) is 0. The number of carboxylic acids is 1. The van der Waals surface area contributed by atoms with Gasteiger partial charge in [-0.2, -0.15) is 0 Å². The van der Waals surface area contributed by atoms with Gasteiger partial charge in [0.15, 0.2) is 0 Å². The largest absolute Gasteiger partial charge is 0.481 e. The molecule has 0 saturated carbocycles. The fourth-order valence-corrected chi connectivity index (χ4v) is 3.44. The molecule has 0 saturated heterocycles. The number of alkyl halides is 2. The molecular formula is C18H32Br2O2. The Hall–Kier alpha value is 0.170. The summed E-state index contributed by atoms with van der Waals surface area (Å²) in [5.41, 5.74) is 0. The van der Waals surface area contributed by atoms with Crippen molar-refractivity contribution >= 4 is 37.8 Å². The van der Waals surface area contributed by atoms with E-state index >= 15 is 0 Å². The molecule has 0 fully saturated rings. The minimum absolute atomic E-state index is 0.316. The Morgan fingerprint density at radius 2 is 1.50 bits per heavy atom. The summed E-state index contributed by atoms with van der Waals surface area (Å²) in [5.74, 6) is -0.675. The van der Waals surface area contributed by atoms with Crippen LogP contribution in [-0.2, 0) is 4.79 Å². The van der Waals surface area contributed by atoms with Crippen LogP contribution in [0.5, 0.6) is 0 Å². The predicted molar refractivity (Wildman–Crippen MR) is 103 cm³/mol. The first-order valence-electron chi connectivity index (χ1n) is 8.72. The Kier molecular flexibility index (Phi) is 16.2. The van der Waals surface area contributed by atoms with E-state index in [0.717, 1.165) is 25.7 Å². The molecule has 0 radical (unpaired) electrons. The molecule has 0 aromatic heterocycles. The van der Waals surface area contributed by atoms with Gasteiger partial charge in [-0.3, -0.25) is 4.79 Å². The lowest BCUT2D eigenvalue weighted by atomic mass is 10.1. The number of carboxylic acid groups (broad SMARTS) is 1. The van der Waals surface area contributed by atoms with Gasteiger partial charge in [-0.25, -0.2) is 0 Å². The summed E-state index contributed by atoms with van der Waals surface area (Å²) in [6.07, 6.45) is 17.7. The zero-order valence-corrected chi connectivity index (χ0v) is 17.1. The number of carbonyl (C=O) groups is 1. The number of unbranched alkanes of at least 4 members (excludes halogenated alkanes) is 6. The van der Waals surface area contributed by atoms with Crippen molar-refractivity contribution < 1.29 is 9.90 Å². The number of halogens is 2. The third-order valence-electron chi connectivity index (χ3n) is 3.76. The molecule has 0 aliphatic carbocycles. The smallest absolute Gasteiger partial charge is 0.303 e. The Balaban J connectivity index is 3.47. The summed E-state index contributed by atoms with van der Waals surface area (Å²) in [6.45, 7) is 2.23. The van der Waals surface area contributed by atoms with E-state index in [0.29, 0.717) is 16.1 Å². The summed E-state index contributed by atoms with van der Waals surface area (Å²) in [7, 11) is 0. The predicted octanol–water partition coefficient (Wildman–Crippen LogP) is 6.86. The maximum atomic E-state index is 10.4. The molecule has 0 aliphatic rings. The van der Waals surface area contributed by atoms with Crippen LogP contribution in [0.4, 0.5) is 0 Å². The molecule has 130 valence electrons. The van der Waals surface area contributed by atoms with E-state index < -0.39 is 5.97 Å². The van der Waals surface area contributed by atoms with Gasteiger partial charge in [0, 0.05) is 16.1 Å². The number of aliphatic carboxylic acids is 1. The first kappa shape index (κ1) is 22.2. The van der Waals surface area contributed by atoms with Crippen molar-refractivity contribution in [3.05, 3.63) is 12.2 Å². The van der Waals surface area contributed by atoms with E-state index in [2.05, 4.69) is 50.9 Å². The molecular weight excluding hydrogens is 408 g/mol. The quantitative estimate of drug-likeness (QED) is 0.172. The van der Waals surface area contributed by atoms with Crippen molar-refractivity contribution in [2.45, 2.75) is 93.6 Å². The van der Waals surface area contributed by atoms with E-state index in [-0.39, 0.29) is 0 Å². The number of allylic oxidation sites excluding steroid dienone is 2. The Morgan fingerprint density at radius 1 is 0.909 bits per heavy atom. The highest BCUT2D eigenvalue weighted by molar-refractivity contribution is 9.12. The zero-order chi connectivity index (χ0) is 16.6. The monoisotopic (exact) mass is 438 g/mol. The second-order valence-corrected chi connectivity index (χ2v) is 8.28. The third-order valence-corrected chi connectivity index (χ3v) is 6.66. The lowest BCUT2D eigenvalue weighted by Gasteiger charge is -2.15. The first-order valence-corrected chi connectivity index (χ1v) is 10.6. The summed E-state index contributed by atoms with van der Waals surface area (Å²) in [4.78, 5) is 11.5. The fourth-order valence-electron chi connectivity index (χ4n) is 2.32. The van der Waals surface area contributed by atoms with E-state index in [1.54, 1.807) is 0 Å². The van der Waals surface area contributed by atoms with Crippen LogP contribution in [0.1, 0.15) is 84.0 Å². The normalized spacial score (nSPS) is 14.3. The fraction of sp³-hybridized carbons (Fsp3) is 0.833. The molecule has 2 atom stereocenters. The molecule has 22 heavy (non-hydrogen) atoms. The zero-order valence-electron chi connectivity index (χ0n) is 13.9. The molecule has 0 aromatic carbocycles. The highest BCUT2D eigenvalue weighted by Gasteiger charge is 2.14. The topological polar surface area (TPSA) is 37.3 Å². The van der Waals surface area contributed by atoms with Crippen LogP contribution in [0.15, 0.2) is 12.2 Å². The third kappa shape index (κ3) is 15.1. The summed E-state index contributed by atoms with van der Waals surface area (Å²) >= 11 is 7.58. The molecule has 1 N–H and O–H groups in total. The average molecular weight is 440 g/mol. The first-order chi connectivity index (χ1) is 10.6. The van der Waals surface area contributed by atoms with Gasteiger partial charge in [-0.05, 0) is 32.1 Å². The van der Waals surface area contributed by atoms with Gasteiger partial charge in [0.1, 0.15) is 0 Å². The summed E-state index contributed by atoms with van der Waals surface area (Å²) in [5, 5.41) is 8.57. The van der Waals surface area contributed by atoms with Gasteiger partial charge in [-0.15, -0.1) is 0 Å². The molecule has 0 bridgehead atoms. The highest BCUT2D eigenvalue weighted by Crippen LogP contribution is 2.24. The lowest BCUT2D eigenvalue weighted by molar-refractivity contribution is -0.137. The Bertz CT molecular complexity index is 293. The van der Waals surface area contributed by atoms with Gasteiger partial charge in [-0.1, -0.05) is 89.5 Å². The average Bonchev–Trinajstić information content (AvgIpc) is 2.49. The number of hydrogen-bond donors (Lipinski definition) is 1. The molecule has 0 aromatic rings. The van der Waals surface area contributed by atoms with Gasteiger partial charge >= 0.3 is 5.97 Å². The molecule has 4 heteroatoms. The second kappa shape index (κ2) is 16.0. The van der Waals surface area contributed by atoms with Crippen LogP contribution < -0.4 is 0 Å². The van der Waals surface area contributed by atoms with E-state index in [4.69, 9.17) is 5.11 Å². The maximum absolute atomic E-state index is 10.4. The Labute approximate surface area is 153 Å². The number of rotatable bonds is 15. The minimum Gasteiger partial charge on any atom is -0.481 e. The second-order valence-electron chi connectivity index (χ2n) is 5.92. The Morgan fingerprint density at radius 3 is 2.18 bits per heavy atom. The van der Waals surface area contributed by atoms with Crippen molar-refractivity contribution in [2.24, 2.45) is 0 Å². The van der Waals surface area contributed by atoms with Crippen LogP contribution >= 0.6 is 31.9 Å². The van der Waals surface area contributed by atoms with E-state index in [9.17, 15) is 4.79 Å².